The Hall–Kier alpha value is -1.88. The van der Waals surface area contributed by atoms with Gasteiger partial charge in [0.2, 0.25) is 0 Å². The van der Waals surface area contributed by atoms with Crippen molar-refractivity contribution in [1.82, 2.24) is 15.2 Å². The molecule has 0 aliphatic heterocycles. The molecule has 0 bridgehead atoms. The van der Waals surface area contributed by atoms with Crippen molar-refractivity contribution < 1.29 is 4.74 Å². The minimum absolute atomic E-state index is 0.682. The Bertz CT molecular complexity index is 492. The van der Waals surface area contributed by atoms with Gasteiger partial charge in [0.15, 0.2) is 5.82 Å². The van der Waals surface area contributed by atoms with E-state index >= 15 is 0 Å². The maximum Gasteiger partial charge on any atom is 0.151 e. The molecule has 0 saturated carbocycles. The maximum absolute atomic E-state index is 5.47. The molecule has 2 rings (SSSR count). The molecule has 0 saturated heterocycles. The van der Waals surface area contributed by atoms with Crippen LogP contribution < -0.4 is 10.5 Å². The number of hydrogen-bond donors (Lipinski definition) is 2. The Morgan fingerprint density at radius 2 is 1.95 bits per heavy atom. The molecule has 0 aliphatic rings. The van der Waals surface area contributed by atoms with Crippen LogP contribution in [0, 0.1) is 0 Å². The molecule has 0 radical (unpaired) electrons. The Morgan fingerprint density at radius 1 is 1.16 bits per heavy atom. The van der Waals surface area contributed by atoms with E-state index in [1.165, 1.54) is 5.56 Å². The van der Waals surface area contributed by atoms with Gasteiger partial charge in [-0.25, -0.2) is 4.98 Å². The fourth-order valence-corrected chi connectivity index (χ4v) is 1.88. The second kappa shape index (κ2) is 6.89. The fraction of sp³-hybridized carbons (Fsp3) is 0.429. The van der Waals surface area contributed by atoms with Crippen molar-refractivity contribution in [2.45, 2.75) is 25.7 Å². The van der Waals surface area contributed by atoms with Gasteiger partial charge in [-0.3, -0.25) is 5.10 Å². The number of methoxy groups -OCH3 is 1. The van der Waals surface area contributed by atoms with Crippen LogP contribution in [0.15, 0.2) is 24.3 Å². The molecule has 5 nitrogen and oxygen atoms in total. The van der Waals surface area contributed by atoms with Crippen molar-refractivity contribution in [2.24, 2.45) is 5.73 Å². The topological polar surface area (TPSA) is 76.8 Å². The Labute approximate surface area is 113 Å². The maximum atomic E-state index is 5.47. The molecule has 1 heterocycles. The highest BCUT2D eigenvalue weighted by Crippen LogP contribution is 2.12. The molecule has 19 heavy (non-hydrogen) atoms. The number of aromatic nitrogens is 3. The molecule has 0 unspecified atom stereocenters. The predicted octanol–water partition coefficient (Wildman–Crippen LogP) is 1.49. The van der Waals surface area contributed by atoms with E-state index in [2.05, 4.69) is 27.3 Å². The second-order valence-corrected chi connectivity index (χ2v) is 4.44. The first-order valence-corrected chi connectivity index (χ1v) is 6.55. The molecule has 0 amide bonds. The second-order valence-electron chi connectivity index (χ2n) is 4.44. The van der Waals surface area contributed by atoms with Crippen molar-refractivity contribution in [3.05, 3.63) is 41.5 Å². The normalized spacial score (nSPS) is 10.6. The molecule has 2 aromatic rings. The molecule has 0 aliphatic carbocycles. The van der Waals surface area contributed by atoms with Crippen LogP contribution in [0.3, 0.4) is 0 Å². The van der Waals surface area contributed by atoms with Gasteiger partial charge >= 0.3 is 0 Å². The summed E-state index contributed by atoms with van der Waals surface area (Å²) < 4.78 is 5.13. The van der Waals surface area contributed by atoms with E-state index in [4.69, 9.17) is 10.5 Å². The van der Waals surface area contributed by atoms with E-state index in [0.29, 0.717) is 6.54 Å². The van der Waals surface area contributed by atoms with E-state index in [0.717, 1.165) is 43.1 Å². The lowest BCUT2D eigenvalue weighted by atomic mass is 10.1. The standard InChI is InChI=1S/C14H20N4O/c1-19-12-7-4-11(5-8-12)6-9-14-16-13(17-18-14)3-2-10-15/h4-5,7-8H,2-3,6,9-10,15H2,1H3,(H,16,17,18). The summed E-state index contributed by atoms with van der Waals surface area (Å²) in [6.07, 6.45) is 3.57. The summed E-state index contributed by atoms with van der Waals surface area (Å²) in [6.45, 7) is 0.682. The Balaban J connectivity index is 1.85. The van der Waals surface area contributed by atoms with E-state index in [1.54, 1.807) is 7.11 Å². The average molecular weight is 260 g/mol. The van der Waals surface area contributed by atoms with Gasteiger partial charge in [-0.2, -0.15) is 5.10 Å². The number of rotatable bonds is 7. The van der Waals surface area contributed by atoms with Crippen LogP contribution in [-0.4, -0.2) is 28.8 Å². The van der Waals surface area contributed by atoms with E-state index in [9.17, 15) is 0 Å². The van der Waals surface area contributed by atoms with Crippen molar-refractivity contribution in [3.8, 4) is 5.75 Å². The van der Waals surface area contributed by atoms with Gasteiger partial charge in [0.05, 0.1) is 7.11 Å². The third-order valence-corrected chi connectivity index (χ3v) is 2.99. The molecule has 0 spiro atoms. The molecule has 3 N–H and O–H groups in total. The SMILES string of the molecule is COc1ccc(CCc2n[nH]c(CCCN)n2)cc1. The first-order chi connectivity index (χ1) is 9.31. The molecule has 0 fully saturated rings. The minimum atomic E-state index is 0.682. The number of nitrogens with two attached hydrogens (primary N) is 1. The van der Waals surface area contributed by atoms with Gasteiger partial charge in [0, 0.05) is 12.8 Å². The molecule has 1 aromatic carbocycles. The highest BCUT2D eigenvalue weighted by atomic mass is 16.5. The summed E-state index contributed by atoms with van der Waals surface area (Å²) in [6, 6.07) is 8.08. The van der Waals surface area contributed by atoms with Gasteiger partial charge in [-0.05, 0) is 37.1 Å². The lowest BCUT2D eigenvalue weighted by Crippen LogP contribution is -2.01. The lowest BCUT2D eigenvalue weighted by Gasteiger charge is -2.01. The quantitative estimate of drug-likeness (QED) is 0.790. The molecular weight excluding hydrogens is 240 g/mol. The lowest BCUT2D eigenvalue weighted by molar-refractivity contribution is 0.414. The number of benzene rings is 1. The molecule has 1 aromatic heterocycles. The van der Waals surface area contributed by atoms with Crippen molar-refractivity contribution in [3.63, 3.8) is 0 Å². The summed E-state index contributed by atoms with van der Waals surface area (Å²) in [5, 5.41) is 7.17. The number of hydrogen-bond acceptors (Lipinski definition) is 4. The zero-order valence-corrected chi connectivity index (χ0v) is 11.2. The first kappa shape index (κ1) is 13.5. The zero-order valence-electron chi connectivity index (χ0n) is 11.2. The summed E-state index contributed by atoms with van der Waals surface area (Å²) in [4.78, 5) is 4.45. The van der Waals surface area contributed by atoms with Crippen LogP contribution in [0.4, 0.5) is 0 Å². The van der Waals surface area contributed by atoms with Gasteiger partial charge in [-0.15, -0.1) is 0 Å². The van der Waals surface area contributed by atoms with Gasteiger partial charge < -0.3 is 10.5 Å². The summed E-state index contributed by atoms with van der Waals surface area (Å²) >= 11 is 0. The number of ether oxygens (including phenoxy) is 1. The summed E-state index contributed by atoms with van der Waals surface area (Å²) in [5.41, 5.74) is 6.73. The minimum Gasteiger partial charge on any atom is -0.497 e. The van der Waals surface area contributed by atoms with E-state index in [1.807, 2.05) is 12.1 Å². The molecule has 5 heteroatoms. The molecular formula is C14H20N4O. The predicted molar refractivity (Wildman–Crippen MR) is 74.2 cm³/mol. The highest BCUT2D eigenvalue weighted by molar-refractivity contribution is 5.27. The third-order valence-electron chi connectivity index (χ3n) is 2.99. The monoisotopic (exact) mass is 260 g/mol. The Morgan fingerprint density at radius 3 is 2.63 bits per heavy atom. The zero-order chi connectivity index (χ0) is 13.5. The van der Waals surface area contributed by atoms with Crippen LogP contribution in [0.1, 0.15) is 23.6 Å². The number of nitrogens with zero attached hydrogens (tertiary/aromatic N) is 2. The Kier molecular flexibility index (Phi) is 4.92. The van der Waals surface area contributed by atoms with Crippen molar-refractivity contribution in [2.75, 3.05) is 13.7 Å². The van der Waals surface area contributed by atoms with Gasteiger partial charge in [0.1, 0.15) is 11.6 Å². The van der Waals surface area contributed by atoms with Crippen LogP contribution >= 0.6 is 0 Å². The van der Waals surface area contributed by atoms with Gasteiger partial charge in [-0.1, -0.05) is 12.1 Å². The van der Waals surface area contributed by atoms with Crippen LogP contribution in [0.2, 0.25) is 0 Å². The van der Waals surface area contributed by atoms with Crippen LogP contribution in [0.5, 0.6) is 5.75 Å². The number of aryl methyl sites for hydroxylation is 3. The fourth-order valence-electron chi connectivity index (χ4n) is 1.88. The largest absolute Gasteiger partial charge is 0.497 e. The number of nitrogens with one attached hydrogen (secondary N) is 1. The van der Waals surface area contributed by atoms with E-state index in [-0.39, 0.29) is 0 Å². The number of aromatic amines is 1. The summed E-state index contributed by atoms with van der Waals surface area (Å²) in [7, 11) is 1.67. The number of H-pyrrole nitrogens is 1. The smallest absolute Gasteiger partial charge is 0.151 e. The third kappa shape index (κ3) is 4.06. The highest BCUT2D eigenvalue weighted by Gasteiger charge is 2.03. The van der Waals surface area contributed by atoms with Crippen LogP contribution in [-0.2, 0) is 19.3 Å². The average Bonchev–Trinajstić information content (AvgIpc) is 2.91. The first-order valence-electron chi connectivity index (χ1n) is 6.55. The van der Waals surface area contributed by atoms with Gasteiger partial charge in [0.25, 0.3) is 0 Å². The molecule has 0 atom stereocenters. The van der Waals surface area contributed by atoms with Crippen LogP contribution in [0.25, 0.3) is 0 Å². The van der Waals surface area contributed by atoms with E-state index < -0.39 is 0 Å². The van der Waals surface area contributed by atoms with Crippen molar-refractivity contribution >= 4 is 0 Å². The summed E-state index contributed by atoms with van der Waals surface area (Å²) in [5.74, 6) is 2.67. The molecule has 102 valence electrons. The van der Waals surface area contributed by atoms with Crippen molar-refractivity contribution in [1.29, 1.82) is 0 Å².